The Morgan fingerprint density at radius 3 is 3.05 bits per heavy atom. The van der Waals surface area contributed by atoms with Crippen molar-refractivity contribution in [3.8, 4) is 0 Å². The van der Waals surface area contributed by atoms with Crippen LogP contribution in [-0.2, 0) is 16.1 Å². The first-order chi connectivity index (χ1) is 10.7. The van der Waals surface area contributed by atoms with Gasteiger partial charge in [0.25, 0.3) is 0 Å². The molecule has 0 aliphatic carbocycles. The summed E-state index contributed by atoms with van der Waals surface area (Å²) in [7, 11) is 1.67. The molecule has 0 fully saturated rings. The molecule has 0 unspecified atom stereocenters. The van der Waals surface area contributed by atoms with Gasteiger partial charge >= 0.3 is 0 Å². The SMILES string of the molecule is COCCCn1cnnc1SCC(=O)Nc1ccccc1Cl. The highest BCUT2D eigenvalue weighted by atomic mass is 35.5. The third-order valence-corrected chi connectivity index (χ3v) is 4.12. The van der Waals surface area contributed by atoms with Gasteiger partial charge in [0.1, 0.15) is 6.33 Å². The number of rotatable bonds is 8. The van der Waals surface area contributed by atoms with Crippen LogP contribution in [0, 0.1) is 0 Å². The predicted molar refractivity (Wildman–Crippen MR) is 87.3 cm³/mol. The average molecular weight is 341 g/mol. The van der Waals surface area contributed by atoms with Crippen LogP contribution in [0.25, 0.3) is 0 Å². The molecule has 0 saturated carbocycles. The Balaban J connectivity index is 1.84. The van der Waals surface area contributed by atoms with Crippen molar-refractivity contribution in [1.29, 1.82) is 0 Å². The highest BCUT2D eigenvalue weighted by Crippen LogP contribution is 2.21. The Morgan fingerprint density at radius 1 is 1.45 bits per heavy atom. The number of thioether (sulfide) groups is 1. The first-order valence-electron chi connectivity index (χ1n) is 6.74. The van der Waals surface area contributed by atoms with Crippen molar-refractivity contribution in [2.24, 2.45) is 0 Å². The lowest BCUT2D eigenvalue weighted by Crippen LogP contribution is -2.15. The van der Waals surface area contributed by atoms with Crippen LogP contribution in [0.15, 0.2) is 35.7 Å². The second-order valence-electron chi connectivity index (χ2n) is 4.47. The second kappa shape index (κ2) is 8.77. The van der Waals surface area contributed by atoms with E-state index in [1.54, 1.807) is 25.6 Å². The maximum atomic E-state index is 12.0. The van der Waals surface area contributed by atoms with E-state index in [4.69, 9.17) is 16.3 Å². The maximum Gasteiger partial charge on any atom is 0.234 e. The van der Waals surface area contributed by atoms with E-state index < -0.39 is 0 Å². The molecule has 2 rings (SSSR count). The van der Waals surface area contributed by atoms with Crippen LogP contribution < -0.4 is 5.32 Å². The zero-order valence-corrected chi connectivity index (χ0v) is 13.7. The summed E-state index contributed by atoms with van der Waals surface area (Å²) in [6, 6.07) is 7.13. The standard InChI is InChI=1S/C14H17ClN4O2S/c1-21-8-4-7-19-10-16-18-14(19)22-9-13(20)17-12-6-3-2-5-11(12)15/h2-3,5-6,10H,4,7-9H2,1H3,(H,17,20). The average Bonchev–Trinajstić information content (AvgIpc) is 2.95. The van der Waals surface area contributed by atoms with Gasteiger partial charge in [-0.05, 0) is 18.6 Å². The minimum Gasteiger partial charge on any atom is -0.385 e. The van der Waals surface area contributed by atoms with E-state index in [0.29, 0.717) is 22.5 Å². The normalized spacial score (nSPS) is 10.6. The van der Waals surface area contributed by atoms with E-state index in [-0.39, 0.29) is 11.7 Å². The van der Waals surface area contributed by atoms with Crippen molar-refractivity contribution < 1.29 is 9.53 Å². The van der Waals surface area contributed by atoms with Crippen LogP contribution in [0.3, 0.4) is 0 Å². The van der Waals surface area contributed by atoms with Crippen molar-refractivity contribution in [3.05, 3.63) is 35.6 Å². The van der Waals surface area contributed by atoms with Crippen LogP contribution in [0.2, 0.25) is 5.02 Å². The van der Waals surface area contributed by atoms with Gasteiger partial charge in [0.15, 0.2) is 5.16 Å². The van der Waals surface area contributed by atoms with Gasteiger partial charge in [-0.15, -0.1) is 10.2 Å². The first-order valence-corrected chi connectivity index (χ1v) is 8.11. The fourth-order valence-corrected chi connectivity index (χ4v) is 2.69. The monoisotopic (exact) mass is 340 g/mol. The van der Waals surface area contributed by atoms with E-state index in [0.717, 1.165) is 13.0 Å². The number of aryl methyl sites for hydroxylation is 1. The molecule has 0 aliphatic rings. The number of aromatic nitrogens is 3. The van der Waals surface area contributed by atoms with Crippen LogP contribution in [0.4, 0.5) is 5.69 Å². The van der Waals surface area contributed by atoms with Crippen molar-refractivity contribution in [2.75, 3.05) is 24.8 Å². The number of methoxy groups -OCH3 is 1. The van der Waals surface area contributed by atoms with Gasteiger partial charge in [0.05, 0.1) is 16.5 Å². The van der Waals surface area contributed by atoms with Gasteiger partial charge in [-0.1, -0.05) is 35.5 Å². The number of carbonyl (C=O) groups excluding carboxylic acids is 1. The molecule has 118 valence electrons. The van der Waals surface area contributed by atoms with E-state index >= 15 is 0 Å². The lowest BCUT2D eigenvalue weighted by atomic mass is 10.3. The summed E-state index contributed by atoms with van der Waals surface area (Å²) >= 11 is 7.34. The molecule has 6 nitrogen and oxygen atoms in total. The Bertz CT molecular complexity index is 620. The van der Waals surface area contributed by atoms with Crippen molar-refractivity contribution in [3.63, 3.8) is 0 Å². The minimum atomic E-state index is -0.135. The van der Waals surface area contributed by atoms with Gasteiger partial charge in [-0.3, -0.25) is 4.79 Å². The summed E-state index contributed by atoms with van der Waals surface area (Å²) in [6.07, 6.45) is 2.53. The lowest BCUT2D eigenvalue weighted by Gasteiger charge is -2.07. The highest BCUT2D eigenvalue weighted by Gasteiger charge is 2.10. The van der Waals surface area contributed by atoms with Crippen LogP contribution in [0.5, 0.6) is 0 Å². The Kier molecular flexibility index (Phi) is 6.70. The Morgan fingerprint density at radius 2 is 2.27 bits per heavy atom. The van der Waals surface area contributed by atoms with Crippen molar-refractivity contribution >= 4 is 35.0 Å². The number of nitrogens with zero attached hydrogens (tertiary/aromatic N) is 3. The van der Waals surface area contributed by atoms with E-state index in [2.05, 4.69) is 15.5 Å². The topological polar surface area (TPSA) is 69.0 Å². The van der Waals surface area contributed by atoms with Crippen LogP contribution >= 0.6 is 23.4 Å². The number of nitrogens with one attached hydrogen (secondary N) is 1. The summed E-state index contributed by atoms with van der Waals surface area (Å²) in [5, 5.41) is 11.9. The Labute approximate surface area is 138 Å². The fourth-order valence-electron chi connectivity index (χ4n) is 1.77. The molecule has 0 radical (unpaired) electrons. The number of benzene rings is 1. The van der Waals surface area contributed by atoms with Crippen molar-refractivity contribution in [1.82, 2.24) is 14.8 Å². The number of anilines is 1. The molecule has 0 spiro atoms. The number of ether oxygens (including phenoxy) is 1. The van der Waals surface area contributed by atoms with Gasteiger partial charge in [-0.25, -0.2) is 0 Å². The molecule has 8 heteroatoms. The third-order valence-electron chi connectivity index (χ3n) is 2.81. The summed E-state index contributed by atoms with van der Waals surface area (Å²) in [5.41, 5.74) is 0.608. The molecule has 1 aromatic carbocycles. The molecule has 0 bridgehead atoms. The van der Waals surface area contributed by atoms with E-state index in [9.17, 15) is 4.79 Å². The molecular weight excluding hydrogens is 324 g/mol. The first kappa shape index (κ1) is 16.8. The molecule has 1 amide bonds. The Hall–Kier alpha value is -1.57. The zero-order valence-electron chi connectivity index (χ0n) is 12.2. The number of halogens is 1. The fraction of sp³-hybridized carbons (Fsp3) is 0.357. The summed E-state index contributed by atoms with van der Waals surface area (Å²) in [6.45, 7) is 1.44. The van der Waals surface area contributed by atoms with Crippen LogP contribution in [0.1, 0.15) is 6.42 Å². The largest absolute Gasteiger partial charge is 0.385 e. The molecule has 1 N–H and O–H groups in total. The number of amides is 1. The molecule has 1 aromatic heterocycles. The maximum absolute atomic E-state index is 12.0. The van der Waals surface area contributed by atoms with E-state index in [1.807, 2.05) is 16.7 Å². The number of hydrogen-bond donors (Lipinski definition) is 1. The molecule has 1 heterocycles. The summed E-state index contributed by atoms with van der Waals surface area (Å²) in [4.78, 5) is 12.0. The zero-order chi connectivity index (χ0) is 15.8. The molecule has 0 saturated heterocycles. The summed E-state index contributed by atoms with van der Waals surface area (Å²) < 4.78 is 6.93. The smallest absolute Gasteiger partial charge is 0.234 e. The predicted octanol–water partition coefficient (Wildman–Crippen LogP) is 2.70. The molecule has 22 heavy (non-hydrogen) atoms. The third kappa shape index (κ3) is 5.01. The van der Waals surface area contributed by atoms with Gasteiger partial charge in [-0.2, -0.15) is 0 Å². The highest BCUT2D eigenvalue weighted by molar-refractivity contribution is 7.99. The number of hydrogen-bond acceptors (Lipinski definition) is 5. The minimum absolute atomic E-state index is 0.135. The molecule has 0 atom stereocenters. The van der Waals surface area contributed by atoms with Gasteiger partial charge in [0.2, 0.25) is 5.91 Å². The summed E-state index contributed by atoms with van der Waals surface area (Å²) in [5.74, 6) is 0.110. The molecular formula is C14H17ClN4O2S. The molecule has 0 aliphatic heterocycles. The van der Waals surface area contributed by atoms with Crippen LogP contribution in [-0.4, -0.2) is 40.1 Å². The van der Waals surface area contributed by atoms with Gasteiger partial charge in [0, 0.05) is 20.3 Å². The van der Waals surface area contributed by atoms with E-state index in [1.165, 1.54) is 11.8 Å². The second-order valence-corrected chi connectivity index (χ2v) is 5.82. The molecule has 2 aromatic rings. The quantitative estimate of drug-likeness (QED) is 0.591. The van der Waals surface area contributed by atoms with Gasteiger partial charge < -0.3 is 14.6 Å². The van der Waals surface area contributed by atoms with Crippen molar-refractivity contribution in [2.45, 2.75) is 18.1 Å². The number of carbonyl (C=O) groups is 1. The number of para-hydroxylation sites is 1. The lowest BCUT2D eigenvalue weighted by molar-refractivity contribution is -0.113.